The Hall–Kier alpha value is -1.75. The third kappa shape index (κ3) is 3.61. The largest absolute Gasteiger partial charge is 0.456 e. The van der Waals surface area contributed by atoms with Gasteiger partial charge in [-0.15, -0.1) is 0 Å². The van der Waals surface area contributed by atoms with Crippen LogP contribution in [-0.2, 0) is 9.68 Å². The molecular formula is C17H14Cl2O4. The SMILES string of the molecule is O=C(OO)C(c1cc(Cl)cc(Oc2ccccc2)c1Cl)C1CC1. The zero-order valence-corrected chi connectivity index (χ0v) is 13.6. The molecule has 2 aromatic carbocycles. The molecule has 1 saturated carbocycles. The van der Waals surface area contributed by atoms with Gasteiger partial charge >= 0.3 is 5.97 Å². The van der Waals surface area contributed by atoms with Gasteiger partial charge in [0, 0.05) is 11.1 Å². The van der Waals surface area contributed by atoms with Crippen LogP contribution in [0.1, 0.15) is 24.3 Å². The van der Waals surface area contributed by atoms with Crippen molar-refractivity contribution in [3.05, 3.63) is 58.1 Å². The first-order valence-electron chi connectivity index (χ1n) is 7.17. The summed E-state index contributed by atoms with van der Waals surface area (Å²) >= 11 is 12.6. The summed E-state index contributed by atoms with van der Waals surface area (Å²) in [6, 6.07) is 12.3. The van der Waals surface area contributed by atoms with Gasteiger partial charge in [0.2, 0.25) is 0 Å². The number of para-hydroxylation sites is 1. The van der Waals surface area contributed by atoms with E-state index in [1.165, 1.54) is 0 Å². The van der Waals surface area contributed by atoms with E-state index in [0.29, 0.717) is 27.1 Å². The summed E-state index contributed by atoms with van der Waals surface area (Å²) in [6.07, 6.45) is 1.75. The standard InChI is InChI=1S/C17H14Cl2O4/c18-11-8-13(15(10-6-7-10)17(20)23-21)16(19)14(9-11)22-12-4-2-1-3-5-12/h1-5,8-10,15,21H,6-7H2. The van der Waals surface area contributed by atoms with Crippen molar-refractivity contribution in [2.45, 2.75) is 18.8 Å². The van der Waals surface area contributed by atoms with Crippen LogP contribution in [0.3, 0.4) is 0 Å². The molecule has 1 aliphatic carbocycles. The predicted octanol–water partition coefficient (Wildman–Crippen LogP) is 5.30. The monoisotopic (exact) mass is 352 g/mol. The molecule has 0 radical (unpaired) electrons. The van der Waals surface area contributed by atoms with Crippen LogP contribution in [0.4, 0.5) is 0 Å². The second-order valence-electron chi connectivity index (χ2n) is 5.45. The number of hydrogen-bond donors (Lipinski definition) is 1. The number of carbonyl (C=O) groups is 1. The van der Waals surface area contributed by atoms with Gasteiger partial charge in [0.25, 0.3) is 0 Å². The second-order valence-corrected chi connectivity index (χ2v) is 6.26. The van der Waals surface area contributed by atoms with Crippen molar-refractivity contribution in [3.8, 4) is 11.5 Å². The van der Waals surface area contributed by atoms with Gasteiger partial charge < -0.3 is 9.62 Å². The molecule has 120 valence electrons. The van der Waals surface area contributed by atoms with Gasteiger partial charge in [0.1, 0.15) is 11.5 Å². The molecule has 23 heavy (non-hydrogen) atoms. The lowest BCUT2D eigenvalue weighted by molar-refractivity contribution is -0.236. The molecule has 1 fully saturated rings. The van der Waals surface area contributed by atoms with Crippen molar-refractivity contribution in [3.63, 3.8) is 0 Å². The van der Waals surface area contributed by atoms with Crippen LogP contribution in [0, 0.1) is 5.92 Å². The Bertz CT molecular complexity index is 714. The third-order valence-corrected chi connectivity index (χ3v) is 4.40. The maximum absolute atomic E-state index is 11.9. The lowest BCUT2D eigenvalue weighted by atomic mass is 9.94. The molecule has 0 spiro atoms. The summed E-state index contributed by atoms with van der Waals surface area (Å²) in [5.74, 6) is -0.325. The van der Waals surface area contributed by atoms with Crippen LogP contribution in [0.5, 0.6) is 11.5 Å². The van der Waals surface area contributed by atoms with Crippen LogP contribution >= 0.6 is 23.2 Å². The molecule has 2 aromatic rings. The molecule has 1 N–H and O–H groups in total. The van der Waals surface area contributed by atoms with Crippen LogP contribution in [0.25, 0.3) is 0 Å². The topological polar surface area (TPSA) is 55.8 Å². The molecule has 0 heterocycles. The molecule has 1 atom stereocenters. The van der Waals surface area contributed by atoms with E-state index in [2.05, 4.69) is 4.89 Å². The molecule has 0 saturated heterocycles. The Balaban J connectivity index is 1.99. The fourth-order valence-corrected chi connectivity index (χ4v) is 3.04. The molecule has 1 aliphatic rings. The number of hydrogen-bond acceptors (Lipinski definition) is 4. The fraction of sp³-hybridized carbons (Fsp3) is 0.235. The van der Waals surface area contributed by atoms with E-state index in [0.717, 1.165) is 12.8 Å². The van der Waals surface area contributed by atoms with Gasteiger partial charge in [-0.3, -0.25) is 0 Å². The normalized spacial score (nSPS) is 15.1. The molecule has 0 aliphatic heterocycles. The van der Waals surface area contributed by atoms with E-state index in [4.69, 9.17) is 33.2 Å². The van der Waals surface area contributed by atoms with Gasteiger partial charge in [0.15, 0.2) is 0 Å². The van der Waals surface area contributed by atoms with Crippen molar-refractivity contribution in [2.75, 3.05) is 0 Å². The highest BCUT2D eigenvalue weighted by atomic mass is 35.5. The molecule has 3 rings (SSSR count). The van der Waals surface area contributed by atoms with Crippen molar-refractivity contribution in [1.82, 2.24) is 0 Å². The molecule has 0 aromatic heterocycles. The van der Waals surface area contributed by atoms with Crippen LogP contribution in [0.2, 0.25) is 10.0 Å². The second kappa shape index (κ2) is 6.79. The lowest BCUT2D eigenvalue weighted by Gasteiger charge is -2.17. The predicted molar refractivity (Wildman–Crippen MR) is 87.2 cm³/mol. The Morgan fingerprint density at radius 1 is 1.17 bits per heavy atom. The number of carbonyl (C=O) groups excluding carboxylic acids is 1. The van der Waals surface area contributed by atoms with E-state index in [1.54, 1.807) is 24.3 Å². The van der Waals surface area contributed by atoms with E-state index in [-0.39, 0.29) is 5.92 Å². The lowest BCUT2D eigenvalue weighted by Crippen LogP contribution is -2.17. The molecule has 0 bridgehead atoms. The van der Waals surface area contributed by atoms with Crippen LogP contribution in [0.15, 0.2) is 42.5 Å². The quantitative estimate of drug-likeness (QED) is 0.586. The van der Waals surface area contributed by atoms with Crippen molar-refractivity contribution >= 4 is 29.2 Å². The minimum Gasteiger partial charge on any atom is -0.456 e. The summed E-state index contributed by atoms with van der Waals surface area (Å²) in [5.41, 5.74) is 0.506. The van der Waals surface area contributed by atoms with Crippen molar-refractivity contribution in [1.29, 1.82) is 0 Å². The van der Waals surface area contributed by atoms with Crippen molar-refractivity contribution < 1.29 is 19.7 Å². The number of halogens is 2. The van der Waals surface area contributed by atoms with Gasteiger partial charge in [0.05, 0.1) is 10.9 Å². The van der Waals surface area contributed by atoms with Gasteiger partial charge in [-0.05, 0) is 42.5 Å². The average molecular weight is 353 g/mol. The first-order chi connectivity index (χ1) is 11.1. The zero-order chi connectivity index (χ0) is 16.4. The molecular weight excluding hydrogens is 339 g/mol. The Kier molecular flexibility index (Phi) is 4.76. The highest BCUT2D eigenvalue weighted by Gasteiger charge is 2.40. The summed E-state index contributed by atoms with van der Waals surface area (Å²) in [7, 11) is 0. The van der Waals surface area contributed by atoms with Crippen molar-refractivity contribution in [2.24, 2.45) is 5.92 Å². The number of benzene rings is 2. The smallest absolute Gasteiger partial charge is 0.349 e. The van der Waals surface area contributed by atoms with Gasteiger partial charge in [-0.2, -0.15) is 5.26 Å². The average Bonchev–Trinajstić information content (AvgIpc) is 3.37. The Morgan fingerprint density at radius 3 is 2.48 bits per heavy atom. The highest BCUT2D eigenvalue weighted by molar-refractivity contribution is 6.35. The first kappa shape index (κ1) is 16.1. The Labute approximate surface area is 143 Å². The zero-order valence-electron chi connectivity index (χ0n) is 12.0. The minimum absolute atomic E-state index is 0.0928. The van der Waals surface area contributed by atoms with E-state index in [1.807, 2.05) is 18.2 Å². The van der Waals surface area contributed by atoms with E-state index >= 15 is 0 Å². The minimum atomic E-state index is -0.734. The molecule has 6 heteroatoms. The number of rotatable bonds is 5. The fourth-order valence-electron chi connectivity index (χ4n) is 2.56. The van der Waals surface area contributed by atoms with Gasteiger partial charge in [-0.1, -0.05) is 41.4 Å². The maximum Gasteiger partial charge on any atom is 0.349 e. The summed E-state index contributed by atoms with van der Waals surface area (Å²) in [5, 5.41) is 9.44. The summed E-state index contributed by atoms with van der Waals surface area (Å²) in [4.78, 5) is 15.9. The summed E-state index contributed by atoms with van der Waals surface area (Å²) in [6.45, 7) is 0. The van der Waals surface area contributed by atoms with Crippen LogP contribution in [-0.4, -0.2) is 11.2 Å². The van der Waals surface area contributed by atoms with Gasteiger partial charge in [-0.25, -0.2) is 4.79 Å². The maximum atomic E-state index is 11.9. The molecule has 1 unspecified atom stereocenters. The van der Waals surface area contributed by atoms with E-state index < -0.39 is 11.9 Å². The molecule has 0 amide bonds. The Morgan fingerprint density at radius 2 is 1.87 bits per heavy atom. The van der Waals surface area contributed by atoms with E-state index in [9.17, 15) is 4.79 Å². The summed E-state index contributed by atoms with van der Waals surface area (Å²) < 4.78 is 5.76. The molecule has 4 nitrogen and oxygen atoms in total. The first-order valence-corrected chi connectivity index (χ1v) is 7.93. The highest BCUT2D eigenvalue weighted by Crippen LogP contribution is 2.48. The number of ether oxygens (including phenoxy) is 1. The third-order valence-electron chi connectivity index (χ3n) is 3.78. The van der Waals surface area contributed by atoms with Crippen LogP contribution < -0.4 is 4.74 Å².